The van der Waals surface area contributed by atoms with Crippen molar-refractivity contribution >= 4 is 34.6 Å². The zero-order valence-corrected chi connectivity index (χ0v) is 12.2. The van der Waals surface area contributed by atoms with Gasteiger partial charge in [0, 0.05) is 0 Å². The molecule has 0 aliphatic rings. The third-order valence-electron chi connectivity index (χ3n) is 2.70. The van der Waals surface area contributed by atoms with Gasteiger partial charge in [-0.3, -0.25) is 5.43 Å². The number of hydrogen-bond acceptors (Lipinski definition) is 3. The molecule has 0 saturated heterocycles. The minimum atomic E-state index is 0.475. The lowest BCUT2D eigenvalue weighted by molar-refractivity contribution is 1.32. The first kappa shape index (κ1) is 14.4. The summed E-state index contributed by atoms with van der Waals surface area (Å²) in [5.41, 5.74) is 6.05. The van der Waals surface area contributed by atoms with Crippen molar-refractivity contribution < 1.29 is 0 Å². The van der Waals surface area contributed by atoms with Crippen LogP contribution in [0.2, 0.25) is 10.0 Å². The van der Waals surface area contributed by atoms with Crippen molar-refractivity contribution in [2.24, 2.45) is 5.10 Å². The molecule has 5 heteroatoms. The fourth-order valence-electron chi connectivity index (χ4n) is 1.56. The Morgan fingerprint density at radius 1 is 1.10 bits per heavy atom. The van der Waals surface area contributed by atoms with Gasteiger partial charge < -0.3 is 0 Å². The zero-order valence-electron chi connectivity index (χ0n) is 10.7. The molecule has 0 aliphatic heterocycles. The Kier molecular flexibility index (Phi) is 4.62. The second-order valence-electron chi connectivity index (χ2n) is 4.13. The van der Waals surface area contributed by atoms with Gasteiger partial charge in [-0.05, 0) is 42.8 Å². The smallest absolute Gasteiger partial charge is 0.0991 e. The minimum absolute atomic E-state index is 0.475. The number of benzene rings is 2. The van der Waals surface area contributed by atoms with Gasteiger partial charge in [-0.25, -0.2) is 0 Å². The molecule has 0 aromatic heterocycles. The average Bonchev–Trinajstić information content (AvgIpc) is 2.48. The van der Waals surface area contributed by atoms with E-state index in [1.165, 1.54) is 0 Å². The number of hydrogen-bond donors (Lipinski definition) is 1. The molecule has 2 rings (SSSR count). The average molecular weight is 304 g/mol. The highest BCUT2D eigenvalue weighted by molar-refractivity contribution is 6.42. The maximum Gasteiger partial charge on any atom is 0.0991 e. The lowest BCUT2D eigenvalue weighted by Gasteiger charge is -2.05. The summed E-state index contributed by atoms with van der Waals surface area (Å²) in [6.45, 7) is 1.88. The highest BCUT2D eigenvalue weighted by atomic mass is 35.5. The van der Waals surface area contributed by atoms with E-state index in [1.807, 2.05) is 19.1 Å². The topological polar surface area (TPSA) is 48.2 Å². The quantitative estimate of drug-likeness (QED) is 0.660. The van der Waals surface area contributed by atoms with E-state index in [9.17, 15) is 0 Å². The van der Waals surface area contributed by atoms with Gasteiger partial charge in [0.2, 0.25) is 0 Å². The Labute approximate surface area is 127 Å². The van der Waals surface area contributed by atoms with Crippen LogP contribution in [0, 0.1) is 11.3 Å². The number of halogens is 2. The second-order valence-corrected chi connectivity index (χ2v) is 4.94. The first-order valence-corrected chi connectivity index (χ1v) is 6.61. The summed E-state index contributed by atoms with van der Waals surface area (Å²) in [6, 6.07) is 14.5. The molecule has 0 atom stereocenters. The van der Waals surface area contributed by atoms with Gasteiger partial charge in [0.25, 0.3) is 0 Å². The molecule has 2 aromatic rings. The second kappa shape index (κ2) is 6.42. The molecule has 0 amide bonds. The normalized spacial score (nSPS) is 11.0. The van der Waals surface area contributed by atoms with Gasteiger partial charge in [0.1, 0.15) is 0 Å². The van der Waals surface area contributed by atoms with Gasteiger partial charge in [0.05, 0.1) is 33.1 Å². The molecule has 100 valence electrons. The van der Waals surface area contributed by atoms with Crippen molar-refractivity contribution in [3.8, 4) is 6.07 Å². The van der Waals surface area contributed by atoms with Gasteiger partial charge in [-0.15, -0.1) is 0 Å². The number of anilines is 1. The van der Waals surface area contributed by atoms with E-state index in [-0.39, 0.29) is 0 Å². The zero-order chi connectivity index (χ0) is 14.5. The van der Waals surface area contributed by atoms with Crippen LogP contribution in [0.15, 0.2) is 47.6 Å². The largest absolute Gasteiger partial charge is 0.278 e. The number of nitrogens with zero attached hydrogens (tertiary/aromatic N) is 2. The summed E-state index contributed by atoms with van der Waals surface area (Å²) in [6.07, 6.45) is 0. The maximum absolute atomic E-state index is 8.75. The van der Waals surface area contributed by atoms with Crippen molar-refractivity contribution in [3.05, 3.63) is 63.6 Å². The van der Waals surface area contributed by atoms with Crippen LogP contribution in [0.3, 0.4) is 0 Å². The molecular weight excluding hydrogens is 293 g/mol. The molecule has 0 saturated carbocycles. The predicted octanol–water partition coefficient (Wildman–Crippen LogP) is 4.70. The Morgan fingerprint density at radius 3 is 2.40 bits per heavy atom. The van der Waals surface area contributed by atoms with E-state index in [4.69, 9.17) is 28.5 Å². The third-order valence-corrected chi connectivity index (χ3v) is 3.44. The SMILES string of the molecule is C/C(=N/Nc1ccc(Cl)c(Cl)c1)c1ccc(C#N)cc1. The van der Waals surface area contributed by atoms with Gasteiger partial charge in [-0.2, -0.15) is 10.4 Å². The van der Waals surface area contributed by atoms with Crippen LogP contribution >= 0.6 is 23.2 Å². The minimum Gasteiger partial charge on any atom is -0.278 e. The van der Waals surface area contributed by atoms with Crippen molar-refractivity contribution in [3.63, 3.8) is 0 Å². The van der Waals surface area contributed by atoms with Crippen LogP contribution in [-0.2, 0) is 0 Å². The molecule has 0 radical (unpaired) electrons. The van der Waals surface area contributed by atoms with E-state index in [1.54, 1.807) is 30.3 Å². The summed E-state index contributed by atoms with van der Waals surface area (Å²) in [7, 11) is 0. The fraction of sp³-hybridized carbons (Fsp3) is 0.0667. The highest BCUT2D eigenvalue weighted by Gasteiger charge is 2.00. The van der Waals surface area contributed by atoms with Gasteiger partial charge in [-0.1, -0.05) is 35.3 Å². The van der Waals surface area contributed by atoms with Crippen LogP contribution < -0.4 is 5.43 Å². The van der Waals surface area contributed by atoms with E-state index < -0.39 is 0 Å². The molecule has 0 heterocycles. The lowest BCUT2D eigenvalue weighted by atomic mass is 10.1. The molecule has 0 bridgehead atoms. The number of rotatable bonds is 3. The van der Waals surface area contributed by atoms with E-state index in [0.29, 0.717) is 15.6 Å². The molecule has 20 heavy (non-hydrogen) atoms. The lowest BCUT2D eigenvalue weighted by Crippen LogP contribution is -1.99. The standard InChI is InChI=1S/C15H11Cl2N3/c1-10(12-4-2-11(9-18)3-5-12)19-20-13-6-7-14(16)15(17)8-13/h2-8,20H,1H3/b19-10-. The van der Waals surface area contributed by atoms with E-state index in [0.717, 1.165) is 17.0 Å². The van der Waals surface area contributed by atoms with Crippen molar-refractivity contribution in [1.82, 2.24) is 0 Å². The number of hydrazone groups is 1. The fourth-order valence-corrected chi connectivity index (χ4v) is 1.86. The van der Waals surface area contributed by atoms with Gasteiger partial charge >= 0.3 is 0 Å². The molecule has 0 aliphatic carbocycles. The summed E-state index contributed by atoms with van der Waals surface area (Å²) in [5.74, 6) is 0. The molecule has 0 unspecified atom stereocenters. The van der Waals surface area contributed by atoms with Crippen molar-refractivity contribution in [2.75, 3.05) is 5.43 Å². The Balaban J connectivity index is 2.13. The molecule has 0 fully saturated rings. The monoisotopic (exact) mass is 303 g/mol. The van der Waals surface area contributed by atoms with E-state index >= 15 is 0 Å². The molecule has 1 N–H and O–H groups in total. The summed E-state index contributed by atoms with van der Waals surface area (Å²) in [4.78, 5) is 0. The Bertz CT molecular complexity index is 685. The highest BCUT2D eigenvalue weighted by Crippen LogP contribution is 2.25. The molecule has 3 nitrogen and oxygen atoms in total. The van der Waals surface area contributed by atoms with Crippen LogP contribution in [0.4, 0.5) is 5.69 Å². The first-order chi connectivity index (χ1) is 9.60. The van der Waals surface area contributed by atoms with Crippen LogP contribution in [0.1, 0.15) is 18.1 Å². The molecule has 2 aromatic carbocycles. The van der Waals surface area contributed by atoms with Crippen LogP contribution in [-0.4, -0.2) is 5.71 Å². The number of nitrogens with one attached hydrogen (secondary N) is 1. The maximum atomic E-state index is 8.75. The first-order valence-electron chi connectivity index (χ1n) is 5.86. The van der Waals surface area contributed by atoms with Crippen molar-refractivity contribution in [1.29, 1.82) is 5.26 Å². The van der Waals surface area contributed by atoms with Crippen LogP contribution in [0.25, 0.3) is 0 Å². The molecular formula is C15H11Cl2N3. The summed E-state index contributed by atoms with van der Waals surface area (Å²) in [5, 5.41) is 14.0. The predicted molar refractivity (Wildman–Crippen MR) is 83.5 cm³/mol. The summed E-state index contributed by atoms with van der Waals surface area (Å²) >= 11 is 11.8. The summed E-state index contributed by atoms with van der Waals surface area (Å²) < 4.78 is 0. The molecule has 0 spiro atoms. The third kappa shape index (κ3) is 3.51. The van der Waals surface area contributed by atoms with E-state index in [2.05, 4.69) is 16.6 Å². The number of nitriles is 1. The van der Waals surface area contributed by atoms with Crippen molar-refractivity contribution in [2.45, 2.75) is 6.92 Å². The van der Waals surface area contributed by atoms with Crippen LogP contribution in [0.5, 0.6) is 0 Å². The Hall–Kier alpha value is -2.02. The Morgan fingerprint density at radius 2 is 1.80 bits per heavy atom. The van der Waals surface area contributed by atoms with Gasteiger partial charge in [0.15, 0.2) is 0 Å².